The van der Waals surface area contributed by atoms with E-state index < -0.39 is 0 Å². The minimum absolute atomic E-state index is 0.712. The van der Waals surface area contributed by atoms with E-state index in [9.17, 15) is 0 Å². The van der Waals surface area contributed by atoms with Crippen molar-refractivity contribution in [3.8, 4) is 22.8 Å². The van der Waals surface area contributed by atoms with Gasteiger partial charge in [0.05, 0.1) is 19.9 Å². The fourth-order valence-corrected chi connectivity index (χ4v) is 8.03. The summed E-state index contributed by atoms with van der Waals surface area (Å²) >= 11 is 0. The maximum absolute atomic E-state index is 5.51. The number of likely N-dealkylation sites (tertiary alicyclic amines) is 2. The smallest absolute Gasteiger partial charge is 0.161 e. The molecule has 1 unspecified atom stereocenters. The molecule has 2 aromatic rings. The summed E-state index contributed by atoms with van der Waals surface area (Å²) in [5.74, 6) is 4.42. The topological polar surface area (TPSA) is 42.8 Å². The summed E-state index contributed by atoms with van der Waals surface area (Å²) in [5, 5.41) is 0. The number of methoxy groups -OCH3 is 2. The van der Waals surface area contributed by atoms with Gasteiger partial charge in [-0.1, -0.05) is 6.42 Å². The Balaban J connectivity index is 0.922. The van der Waals surface area contributed by atoms with Crippen molar-refractivity contribution >= 4 is 0 Å². The number of fused-ring (bicyclic) bond motifs is 1. The summed E-state index contributed by atoms with van der Waals surface area (Å²) in [7, 11) is 3.37. The molecule has 2 aliphatic carbocycles. The van der Waals surface area contributed by atoms with Gasteiger partial charge >= 0.3 is 0 Å². The van der Waals surface area contributed by atoms with E-state index in [1.54, 1.807) is 14.2 Å². The molecular formula is C30H42N4O2. The lowest BCUT2D eigenvalue weighted by molar-refractivity contribution is -0.138. The molecule has 2 saturated heterocycles. The van der Waals surface area contributed by atoms with Crippen molar-refractivity contribution in [3.63, 3.8) is 0 Å². The highest BCUT2D eigenvalue weighted by Gasteiger charge is 2.55. The predicted molar refractivity (Wildman–Crippen MR) is 142 cm³/mol. The number of imidazole rings is 1. The Morgan fingerprint density at radius 1 is 0.861 bits per heavy atom. The third-order valence-corrected chi connectivity index (χ3v) is 10.5. The van der Waals surface area contributed by atoms with Gasteiger partial charge in [-0.2, -0.15) is 0 Å². The Morgan fingerprint density at radius 3 is 2.33 bits per heavy atom. The molecule has 0 amide bonds. The minimum Gasteiger partial charge on any atom is -0.493 e. The highest BCUT2D eigenvalue weighted by Crippen LogP contribution is 2.52. The van der Waals surface area contributed by atoms with Crippen LogP contribution in [0.4, 0.5) is 0 Å². The van der Waals surface area contributed by atoms with Gasteiger partial charge in [-0.15, -0.1) is 0 Å². The number of hydrogen-bond donors (Lipinski definition) is 0. The van der Waals surface area contributed by atoms with Crippen molar-refractivity contribution in [2.45, 2.75) is 76.4 Å². The van der Waals surface area contributed by atoms with Crippen molar-refractivity contribution in [1.29, 1.82) is 0 Å². The van der Waals surface area contributed by atoms with Crippen molar-refractivity contribution < 1.29 is 9.47 Å². The molecule has 6 heteroatoms. The van der Waals surface area contributed by atoms with Gasteiger partial charge < -0.3 is 18.9 Å². The second-order valence-corrected chi connectivity index (χ2v) is 12.5. The van der Waals surface area contributed by atoms with Crippen molar-refractivity contribution in [1.82, 2.24) is 19.4 Å². The molecule has 1 aromatic carbocycles. The summed E-state index contributed by atoms with van der Waals surface area (Å²) in [4.78, 5) is 10.6. The number of hydrogen-bond acceptors (Lipinski definition) is 5. The lowest BCUT2D eigenvalue weighted by atomic mass is 9.59. The van der Waals surface area contributed by atoms with Crippen LogP contribution < -0.4 is 9.47 Å². The fourth-order valence-electron chi connectivity index (χ4n) is 8.03. The van der Waals surface area contributed by atoms with E-state index in [1.165, 1.54) is 83.4 Å². The molecule has 5 aliphatic rings. The predicted octanol–water partition coefficient (Wildman–Crippen LogP) is 4.86. The third-order valence-electron chi connectivity index (χ3n) is 10.5. The molecule has 7 rings (SSSR count). The van der Waals surface area contributed by atoms with Crippen molar-refractivity contribution in [2.24, 2.45) is 17.3 Å². The first kappa shape index (κ1) is 23.1. The SMILES string of the molecule is COc1ccc(-c2cn3c(n2)CCC(C2CCN(C4CC5(C4)CN(C4CCC4)C5)CC2)C3)cc1OC. The highest BCUT2D eigenvalue weighted by atomic mass is 16.5. The average molecular weight is 491 g/mol. The van der Waals surface area contributed by atoms with Gasteiger partial charge in [-0.3, -0.25) is 4.90 Å². The molecule has 4 heterocycles. The van der Waals surface area contributed by atoms with Gasteiger partial charge in [0, 0.05) is 49.9 Å². The number of ether oxygens (including phenoxy) is 2. The Labute approximate surface area is 216 Å². The van der Waals surface area contributed by atoms with Crippen LogP contribution in [0.1, 0.15) is 57.2 Å². The number of aromatic nitrogens is 2. The van der Waals surface area contributed by atoms with Gasteiger partial charge in [0.2, 0.25) is 0 Å². The molecule has 194 valence electrons. The fraction of sp³-hybridized carbons (Fsp3) is 0.700. The zero-order valence-corrected chi connectivity index (χ0v) is 22.1. The average Bonchev–Trinajstić information content (AvgIpc) is 3.26. The number of rotatable bonds is 6. The van der Waals surface area contributed by atoms with Crippen LogP contribution in [0, 0.1) is 17.3 Å². The monoisotopic (exact) mass is 490 g/mol. The second kappa shape index (κ2) is 9.05. The van der Waals surface area contributed by atoms with Crippen LogP contribution in [0.15, 0.2) is 24.4 Å². The number of benzene rings is 1. The van der Waals surface area contributed by atoms with Crippen LogP contribution in [0.25, 0.3) is 11.3 Å². The molecule has 3 aliphatic heterocycles. The molecule has 1 atom stereocenters. The molecule has 36 heavy (non-hydrogen) atoms. The second-order valence-electron chi connectivity index (χ2n) is 12.5. The zero-order chi connectivity index (χ0) is 24.3. The first-order valence-electron chi connectivity index (χ1n) is 14.4. The minimum atomic E-state index is 0.712. The lowest BCUT2D eigenvalue weighted by Gasteiger charge is -2.64. The highest BCUT2D eigenvalue weighted by molar-refractivity contribution is 5.63. The summed E-state index contributed by atoms with van der Waals surface area (Å²) in [6.45, 7) is 6.59. The van der Waals surface area contributed by atoms with Crippen LogP contribution in [0.3, 0.4) is 0 Å². The first-order chi connectivity index (χ1) is 17.6. The largest absolute Gasteiger partial charge is 0.493 e. The molecule has 1 aromatic heterocycles. The van der Waals surface area contributed by atoms with Crippen LogP contribution >= 0.6 is 0 Å². The molecule has 2 saturated carbocycles. The zero-order valence-electron chi connectivity index (χ0n) is 22.1. The summed E-state index contributed by atoms with van der Waals surface area (Å²) in [6, 6.07) is 7.93. The molecule has 0 radical (unpaired) electrons. The van der Waals surface area contributed by atoms with E-state index in [0.717, 1.165) is 59.6 Å². The molecule has 6 nitrogen and oxygen atoms in total. The first-order valence-corrected chi connectivity index (χ1v) is 14.4. The lowest BCUT2D eigenvalue weighted by Crippen LogP contribution is -2.69. The van der Waals surface area contributed by atoms with Gasteiger partial charge in [0.1, 0.15) is 5.82 Å². The quantitative estimate of drug-likeness (QED) is 0.579. The van der Waals surface area contributed by atoms with Crippen LogP contribution in [-0.2, 0) is 13.0 Å². The van der Waals surface area contributed by atoms with Gasteiger partial charge in [-0.25, -0.2) is 4.98 Å². The third kappa shape index (κ3) is 3.96. The summed E-state index contributed by atoms with van der Waals surface area (Å²) in [6.07, 6.45) is 14.8. The molecule has 1 spiro atoms. The molecule has 4 fully saturated rings. The van der Waals surface area contributed by atoms with Gasteiger partial charge in [0.15, 0.2) is 11.5 Å². The van der Waals surface area contributed by atoms with E-state index in [2.05, 4.69) is 26.6 Å². The maximum atomic E-state index is 5.51. The van der Waals surface area contributed by atoms with Crippen molar-refractivity contribution in [3.05, 3.63) is 30.2 Å². The van der Waals surface area contributed by atoms with E-state index >= 15 is 0 Å². The summed E-state index contributed by atoms with van der Waals surface area (Å²) in [5.41, 5.74) is 2.86. The van der Waals surface area contributed by atoms with Gasteiger partial charge in [0.25, 0.3) is 0 Å². The maximum Gasteiger partial charge on any atom is 0.161 e. The number of aryl methyl sites for hydroxylation is 1. The van der Waals surface area contributed by atoms with Crippen LogP contribution in [-0.4, -0.2) is 71.8 Å². The Hall–Kier alpha value is -2.05. The summed E-state index contributed by atoms with van der Waals surface area (Å²) < 4.78 is 13.4. The van der Waals surface area contributed by atoms with E-state index in [4.69, 9.17) is 14.5 Å². The Morgan fingerprint density at radius 2 is 1.64 bits per heavy atom. The molecular weight excluding hydrogens is 448 g/mol. The van der Waals surface area contributed by atoms with E-state index in [0.29, 0.717) is 5.41 Å². The molecule has 0 N–H and O–H groups in total. The van der Waals surface area contributed by atoms with E-state index in [-0.39, 0.29) is 0 Å². The van der Waals surface area contributed by atoms with Crippen LogP contribution in [0.2, 0.25) is 0 Å². The Bertz CT molecular complexity index is 1090. The number of nitrogens with zero attached hydrogens (tertiary/aromatic N) is 4. The van der Waals surface area contributed by atoms with Gasteiger partial charge in [-0.05, 0) is 93.5 Å². The molecule has 0 bridgehead atoms. The van der Waals surface area contributed by atoms with E-state index in [1.807, 2.05) is 12.1 Å². The van der Waals surface area contributed by atoms with Crippen LogP contribution in [0.5, 0.6) is 11.5 Å². The number of piperidine rings is 1. The normalized spacial score (nSPS) is 27.2. The Kier molecular flexibility index (Phi) is 5.81. The van der Waals surface area contributed by atoms with Crippen molar-refractivity contribution in [2.75, 3.05) is 40.4 Å². The standard InChI is InChI=1S/C30H42N4O2/c1-35-27-8-6-22(14-28(27)36-2)26-18-33-17-23(7-9-29(33)31-26)21-10-12-32(13-11-21)25-15-30(16-25)19-34(20-30)24-4-3-5-24/h6,8,14,18,21,23-25H,3-5,7,9-13,15-17,19-20H2,1-2H3.